The maximum Gasteiger partial charge on any atom is 0.311 e. The molecule has 5 atom stereocenters. The zero-order chi connectivity index (χ0) is 24.0. The first-order valence-electron chi connectivity index (χ1n) is 12.2. The van der Waals surface area contributed by atoms with Crippen molar-refractivity contribution in [1.82, 2.24) is 9.80 Å². The predicted octanol–water partition coefficient (Wildman–Crippen LogP) is 2.78. The highest BCUT2D eigenvalue weighted by atomic mass is 32.2. The Morgan fingerprint density at radius 3 is 2.73 bits per heavy atom. The number of fused-ring (bicyclic) bond motifs is 1. The fourth-order valence-electron chi connectivity index (χ4n) is 5.72. The Balaban J connectivity index is 1.93. The molecule has 184 valence electrons. The van der Waals surface area contributed by atoms with Crippen molar-refractivity contribution in [3.63, 3.8) is 0 Å². The molecule has 3 fully saturated rings. The molecule has 33 heavy (non-hydrogen) atoms. The molecule has 3 heterocycles. The average Bonchev–Trinajstić information content (AvgIpc) is 3.45. The number of aliphatic hydroxyl groups is 1. The number of hydrogen-bond donors (Lipinski definition) is 1. The van der Waals surface area contributed by atoms with E-state index in [0.717, 1.165) is 38.5 Å². The van der Waals surface area contributed by atoms with Gasteiger partial charge in [0, 0.05) is 31.5 Å². The third-order valence-electron chi connectivity index (χ3n) is 7.15. The van der Waals surface area contributed by atoms with Crippen LogP contribution in [0.3, 0.4) is 0 Å². The fraction of sp³-hybridized carbons (Fsp3) is 0.720. The van der Waals surface area contributed by atoms with E-state index >= 15 is 0 Å². The van der Waals surface area contributed by atoms with Gasteiger partial charge in [-0.05, 0) is 38.5 Å². The summed E-state index contributed by atoms with van der Waals surface area (Å²) in [6.45, 7) is 11.3. The lowest BCUT2D eigenvalue weighted by Gasteiger charge is -2.37. The van der Waals surface area contributed by atoms with Crippen LogP contribution in [0.2, 0.25) is 0 Å². The smallest absolute Gasteiger partial charge is 0.311 e. The van der Waals surface area contributed by atoms with Crippen LogP contribution in [0.1, 0.15) is 51.9 Å². The van der Waals surface area contributed by atoms with Crippen molar-refractivity contribution in [3.8, 4) is 0 Å². The van der Waals surface area contributed by atoms with Crippen molar-refractivity contribution in [2.75, 3.05) is 32.8 Å². The highest BCUT2D eigenvalue weighted by molar-refractivity contribution is 8.02. The van der Waals surface area contributed by atoms with Crippen LogP contribution in [0.4, 0.5) is 0 Å². The van der Waals surface area contributed by atoms with Gasteiger partial charge in [0.2, 0.25) is 11.8 Å². The molecule has 3 aliphatic rings. The van der Waals surface area contributed by atoms with Crippen LogP contribution in [0.25, 0.3) is 0 Å². The number of esters is 1. The minimum absolute atomic E-state index is 0.00611. The first-order chi connectivity index (χ1) is 16.0. The van der Waals surface area contributed by atoms with E-state index in [1.54, 1.807) is 22.7 Å². The molecule has 0 radical (unpaired) electrons. The molecule has 1 spiro atoms. The molecule has 0 saturated carbocycles. The number of rotatable bonds is 14. The third-order valence-corrected chi connectivity index (χ3v) is 9.10. The van der Waals surface area contributed by atoms with Crippen LogP contribution in [0.15, 0.2) is 25.3 Å². The number of unbranched alkanes of at least 4 members (excludes halogenated alkanes) is 3. The van der Waals surface area contributed by atoms with Gasteiger partial charge in [-0.15, -0.1) is 18.3 Å². The van der Waals surface area contributed by atoms with Gasteiger partial charge in [-0.25, -0.2) is 0 Å². The molecule has 3 aliphatic heterocycles. The number of aliphatic hydroxyl groups excluding tert-OH is 1. The maximum absolute atomic E-state index is 14.0. The lowest BCUT2D eigenvalue weighted by Crippen LogP contribution is -2.55. The molecule has 3 saturated heterocycles. The Hall–Kier alpha value is -1.80. The number of carbonyl (C=O) groups is 3. The van der Waals surface area contributed by atoms with Gasteiger partial charge in [0.1, 0.15) is 12.6 Å². The molecule has 7 nitrogen and oxygen atoms in total. The van der Waals surface area contributed by atoms with E-state index < -0.39 is 22.6 Å². The van der Waals surface area contributed by atoms with Crippen molar-refractivity contribution in [3.05, 3.63) is 25.3 Å². The van der Waals surface area contributed by atoms with E-state index in [2.05, 4.69) is 20.1 Å². The van der Waals surface area contributed by atoms with E-state index in [1.807, 2.05) is 4.90 Å². The van der Waals surface area contributed by atoms with Crippen LogP contribution < -0.4 is 0 Å². The second-order valence-corrected chi connectivity index (χ2v) is 10.8. The molecule has 0 aromatic heterocycles. The Kier molecular flexibility index (Phi) is 9.04. The quantitative estimate of drug-likeness (QED) is 0.235. The third kappa shape index (κ3) is 4.87. The van der Waals surface area contributed by atoms with E-state index in [-0.39, 0.29) is 36.2 Å². The first kappa shape index (κ1) is 25.8. The minimum Gasteiger partial charge on any atom is -0.461 e. The molecule has 2 unspecified atom stereocenters. The molecule has 3 rings (SSSR count). The van der Waals surface area contributed by atoms with Gasteiger partial charge >= 0.3 is 5.97 Å². The molecule has 0 aromatic rings. The monoisotopic (exact) mass is 478 g/mol. The van der Waals surface area contributed by atoms with Gasteiger partial charge in [-0.1, -0.05) is 32.1 Å². The van der Waals surface area contributed by atoms with Crippen molar-refractivity contribution in [2.45, 2.75) is 67.9 Å². The molecule has 0 aliphatic carbocycles. The minimum atomic E-state index is -0.584. The normalized spacial score (nSPS) is 29.8. The van der Waals surface area contributed by atoms with Gasteiger partial charge in [-0.2, -0.15) is 0 Å². The second kappa shape index (κ2) is 11.6. The zero-order valence-electron chi connectivity index (χ0n) is 19.7. The topological polar surface area (TPSA) is 87.2 Å². The van der Waals surface area contributed by atoms with Crippen molar-refractivity contribution < 1.29 is 24.2 Å². The number of hydrogen-bond acceptors (Lipinski definition) is 6. The number of carbonyl (C=O) groups excluding carboxylic acids is 3. The fourth-order valence-corrected chi connectivity index (χ4v) is 7.92. The van der Waals surface area contributed by atoms with Gasteiger partial charge in [0.05, 0.1) is 16.6 Å². The van der Waals surface area contributed by atoms with E-state index in [4.69, 9.17) is 9.84 Å². The number of thioether (sulfide) groups is 1. The summed E-state index contributed by atoms with van der Waals surface area (Å²) < 4.78 is 4.80. The number of nitrogens with zero attached hydrogens (tertiary/aromatic N) is 2. The van der Waals surface area contributed by atoms with Crippen LogP contribution in [-0.4, -0.2) is 81.6 Å². The van der Waals surface area contributed by atoms with Crippen LogP contribution in [0.5, 0.6) is 0 Å². The average molecular weight is 479 g/mol. The van der Waals surface area contributed by atoms with Crippen LogP contribution in [-0.2, 0) is 19.1 Å². The Bertz CT molecular complexity index is 759. The molecule has 1 N–H and O–H groups in total. The van der Waals surface area contributed by atoms with Crippen molar-refractivity contribution in [1.29, 1.82) is 0 Å². The summed E-state index contributed by atoms with van der Waals surface area (Å²) in [5, 5.41) is 9.14. The summed E-state index contributed by atoms with van der Waals surface area (Å²) in [5.74, 6) is -1.52. The number of amides is 2. The molecule has 0 aromatic carbocycles. The Labute approximate surface area is 201 Å². The van der Waals surface area contributed by atoms with Crippen molar-refractivity contribution in [2.24, 2.45) is 11.8 Å². The lowest BCUT2D eigenvalue weighted by atomic mass is 9.71. The van der Waals surface area contributed by atoms with Crippen molar-refractivity contribution >= 4 is 29.5 Å². The largest absolute Gasteiger partial charge is 0.461 e. The van der Waals surface area contributed by atoms with Gasteiger partial charge in [0.15, 0.2) is 0 Å². The zero-order valence-corrected chi connectivity index (χ0v) is 20.6. The molecule has 2 bridgehead atoms. The van der Waals surface area contributed by atoms with E-state index in [0.29, 0.717) is 26.1 Å². The summed E-state index contributed by atoms with van der Waals surface area (Å²) in [7, 11) is 0. The van der Waals surface area contributed by atoms with E-state index in [1.165, 1.54) is 6.08 Å². The second-order valence-electron chi connectivity index (χ2n) is 9.22. The Morgan fingerprint density at radius 1 is 1.27 bits per heavy atom. The standard InChI is InChI=1S/C25H38N2O5S/c1-4-7-14-26(13-5-2)23(30)21-25-12-11-18(33-25)19(24(31)32-17-6-3)20(25)22(29)27(21)15-9-8-10-16-28/h5-6,18-21,28H,2-4,7-17H2,1H3/t18-,19+,20-,21?,25?/m0/s1. The summed E-state index contributed by atoms with van der Waals surface area (Å²) in [4.78, 5) is 44.3. The highest BCUT2D eigenvalue weighted by Gasteiger charge is 2.74. The Morgan fingerprint density at radius 2 is 2.06 bits per heavy atom. The molecule has 8 heteroatoms. The first-order valence-corrected chi connectivity index (χ1v) is 13.1. The lowest BCUT2D eigenvalue weighted by molar-refractivity contribution is -0.153. The van der Waals surface area contributed by atoms with Gasteiger partial charge in [0.25, 0.3) is 0 Å². The predicted molar refractivity (Wildman–Crippen MR) is 130 cm³/mol. The highest BCUT2D eigenvalue weighted by Crippen LogP contribution is 2.66. The SMILES string of the molecule is C=CCOC(=O)[C@@H]1[C@@H]2CCC3(S2)C(C(=O)N(CC=C)CCCC)N(CCCCCO)C(=O)[C@H]13. The summed E-state index contributed by atoms with van der Waals surface area (Å²) in [6, 6.07) is -0.576. The van der Waals surface area contributed by atoms with Crippen LogP contribution in [0, 0.1) is 11.8 Å². The molecular weight excluding hydrogens is 440 g/mol. The number of likely N-dealkylation sites (tertiary alicyclic amines) is 1. The summed E-state index contributed by atoms with van der Waals surface area (Å²) in [5.41, 5.74) is 0. The summed E-state index contributed by atoms with van der Waals surface area (Å²) in [6.07, 6.45) is 8.86. The number of ether oxygens (including phenoxy) is 1. The summed E-state index contributed by atoms with van der Waals surface area (Å²) >= 11 is 1.66. The van der Waals surface area contributed by atoms with Gasteiger partial charge in [-0.3, -0.25) is 14.4 Å². The van der Waals surface area contributed by atoms with Gasteiger partial charge < -0.3 is 19.6 Å². The molecule has 2 amide bonds. The maximum atomic E-state index is 14.0. The van der Waals surface area contributed by atoms with Crippen LogP contribution >= 0.6 is 11.8 Å². The van der Waals surface area contributed by atoms with E-state index in [9.17, 15) is 14.4 Å². The molecular formula is C25H38N2O5S.